The molecule has 0 saturated carbocycles. The van der Waals surface area contributed by atoms with Crippen molar-refractivity contribution in [3.63, 3.8) is 0 Å². The van der Waals surface area contributed by atoms with Crippen molar-refractivity contribution in [2.45, 2.75) is 53.6 Å². The Hall–Kier alpha value is -2.88. The van der Waals surface area contributed by atoms with Crippen LogP contribution in [0.25, 0.3) is 0 Å². The normalized spacial score (nSPS) is 9.68. The van der Waals surface area contributed by atoms with Crippen LogP contribution in [0.3, 0.4) is 0 Å². The van der Waals surface area contributed by atoms with E-state index in [1.165, 1.54) is 22.3 Å². The molecule has 158 valence electrons. The predicted molar refractivity (Wildman–Crippen MR) is 122 cm³/mol. The Labute approximate surface area is 197 Å². The summed E-state index contributed by atoms with van der Waals surface area (Å²) >= 11 is 0. The number of pyridine rings is 2. The standard InChI is InChI=1S/C28H30N2.BrH/c1-23-17-24(2)20-29(19-23)15-7-5-9-27-11-13-28(14-12-27)10-6-8-16-30-21-25(3)18-26(4)22-30;/h11-14,17-22H,7-8,15-16H2,1-4H3;1H/q+2;/p-1. The average molecular weight is 474 g/mol. The summed E-state index contributed by atoms with van der Waals surface area (Å²) in [7, 11) is 0. The fraction of sp³-hybridized carbons (Fsp3) is 0.286. The van der Waals surface area contributed by atoms with E-state index in [0.717, 1.165) is 37.1 Å². The van der Waals surface area contributed by atoms with Crippen molar-refractivity contribution in [1.29, 1.82) is 0 Å². The summed E-state index contributed by atoms with van der Waals surface area (Å²) in [6, 6.07) is 12.6. The van der Waals surface area contributed by atoms with Gasteiger partial charge >= 0.3 is 0 Å². The van der Waals surface area contributed by atoms with Crippen molar-refractivity contribution >= 4 is 0 Å². The van der Waals surface area contributed by atoms with E-state index in [9.17, 15) is 0 Å². The van der Waals surface area contributed by atoms with Crippen LogP contribution in [-0.2, 0) is 13.1 Å². The van der Waals surface area contributed by atoms with Gasteiger partial charge in [0.15, 0.2) is 37.9 Å². The highest BCUT2D eigenvalue weighted by Gasteiger charge is 2.02. The number of rotatable bonds is 4. The molecule has 0 unspecified atom stereocenters. The van der Waals surface area contributed by atoms with Gasteiger partial charge in [0.25, 0.3) is 0 Å². The minimum Gasteiger partial charge on any atom is -1.00 e. The third kappa shape index (κ3) is 8.41. The fourth-order valence-corrected chi connectivity index (χ4v) is 3.58. The molecule has 2 aromatic heterocycles. The molecule has 0 fully saturated rings. The smallest absolute Gasteiger partial charge is 0.171 e. The van der Waals surface area contributed by atoms with Crippen molar-refractivity contribution in [3.05, 3.63) is 94.6 Å². The molecule has 1 aromatic carbocycles. The molecule has 0 spiro atoms. The zero-order chi connectivity index (χ0) is 21.3. The number of hydrogen-bond acceptors (Lipinski definition) is 0. The zero-order valence-corrected chi connectivity index (χ0v) is 20.5. The highest BCUT2D eigenvalue weighted by atomic mass is 79.9. The first kappa shape index (κ1) is 24.4. The predicted octanol–water partition coefficient (Wildman–Crippen LogP) is 1.38. The van der Waals surface area contributed by atoms with Gasteiger partial charge in [-0.25, -0.2) is 9.13 Å². The maximum Gasteiger partial charge on any atom is 0.171 e. The molecule has 0 aliphatic carbocycles. The lowest BCUT2D eigenvalue weighted by Crippen LogP contribution is -3.00. The molecule has 31 heavy (non-hydrogen) atoms. The van der Waals surface area contributed by atoms with Crippen molar-refractivity contribution in [2.75, 3.05) is 0 Å². The lowest BCUT2D eigenvalue weighted by molar-refractivity contribution is -0.696. The first-order valence-corrected chi connectivity index (χ1v) is 10.5. The monoisotopic (exact) mass is 473 g/mol. The van der Waals surface area contributed by atoms with Crippen LogP contribution < -0.4 is 26.1 Å². The Balaban J connectivity index is 0.00000341. The van der Waals surface area contributed by atoms with E-state index < -0.39 is 0 Å². The molecule has 2 nitrogen and oxygen atoms in total. The molecule has 0 amide bonds. The van der Waals surface area contributed by atoms with Crippen LogP contribution in [0.15, 0.2) is 61.2 Å². The van der Waals surface area contributed by atoms with Gasteiger partial charge in [-0.3, -0.25) is 0 Å². The molecule has 0 aliphatic rings. The van der Waals surface area contributed by atoms with Gasteiger partial charge in [-0.1, -0.05) is 23.7 Å². The number of nitrogens with zero attached hydrogens (tertiary/aromatic N) is 2. The van der Waals surface area contributed by atoms with E-state index in [-0.39, 0.29) is 17.0 Å². The minimum atomic E-state index is 0. The zero-order valence-electron chi connectivity index (χ0n) is 18.9. The molecule has 0 radical (unpaired) electrons. The van der Waals surface area contributed by atoms with Gasteiger partial charge in [0, 0.05) is 33.4 Å². The SMILES string of the molecule is Cc1cc(C)c[n+](CCC#Cc2ccc(C#CCC[n+]3cc(C)cc(C)c3)cc2)c1.[Br-]. The molecule has 3 rings (SSSR count). The van der Waals surface area contributed by atoms with Gasteiger partial charge in [0.1, 0.15) is 0 Å². The highest BCUT2D eigenvalue weighted by Crippen LogP contribution is 2.03. The molecular weight excluding hydrogens is 444 g/mol. The van der Waals surface area contributed by atoms with Gasteiger partial charge < -0.3 is 17.0 Å². The van der Waals surface area contributed by atoms with E-state index in [0.29, 0.717) is 0 Å². The topological polar surface area (TPSA) is 7.76 Å². The maximum absolute atomic E-state index is 3.28. The van der Waals surface area contributed by atoms with Crippen molar-refractivity contribution in [2.24, 2.45) is 0 Å². The number of aromatic nitrogens is 2. The summed E-state index contributed by atoms with van der Waals surface area (Å²) < 4.78 is 4.43. The number of halogens is 1. The van der Waals surface area contributed by atoms with E-state index in [1.54, 1.807) is 0 Å². The first-order chi connectivity index (χ1) is 14.5. The molecular formula is C28H30BrN2+. The van der Waals surface area contributed by atoms with Gasteiger partial charge in [0.05, 0.1) is 12.8 Å². The highest BCUT2D eigenvalue weighted by molar-refractivity contribution is 5.41. The Morgan fingerprint density at radius 1 is 0.581 bits per heavy atom. The van der Waals surface area contributed by atoms with Crippen LogP contribution in [0.2, 0.25) is 0 Å². The number of aryl methyl sites for hydroxylation is 6. The van der Waals surface area contributed by atoms with E-state index in [4.69, 9.17) is 0 Å². The second kappa shape index (κ2) is 12.1. The molecule has 0 atom stereocenters. The van der Waals surface area contributed by atoms with Crippen LogP contribution in [0.1, 0.15) is 46.2 Å². The lowest BCUT2D eigenvalue weighted by Gasteiger charge is -1.97. The summed E-state index contributed by atoms with van der Waals surface area (Å²) in [4.78, 5) is 0. The number of benzene rings is 1. The van der Waals surface area contributed by atoms with E-state index in [2.05, 4.69) is 122 Å². The van der Waals surface area contributed by atoms with Crippen molar-refractivity contribution in [3.8, 4) is 23.7 Å². The molecule has 0 aliphatic heterocycles. The number of hydrogen-bond donors (Lipinski definition) is 0. The van der Waals surface area contributed by atoms with E-state index >= 15 is 0 Å². The molecule has 3 heteroatoms. The van der Waals surface area contributed by atoms with Gasteiger partial charge in [-0.15, -0.1) is 0 Å². The molecule has 0 N–H and O–H groups in total. The second-order valence-electron chi connectivity index (χ2n) is 7.94. The Bertz CT molecular complexity index is 1010. The Morgan fingerprint density at radius 3 is 1.23 bits per heavy atom. The summed E-state index contributed by atoms with van der Waals surface area (Å²) in [6.07, 6.45) is 10.3. The van der Waals surface area contributed by atoms with Crippen LogP contribution in [0, 0.1) is 51.4 Å². The first-order valence-electron chi connectivity index (χ1n) is 10.5. The third-order valence-electron chi connectivity index (χ3n) is 4.73. The molecule has 0 saturated heterocycles. The minimum absolute atomic E-state index is 0. The van der Waals surface area contributed by atoms with Crippen molar-refractivity contribution in [1.82, 2.24) is 0 Å². The third-order valence-corrected chi connectivity index (χ3v) is 4.73. The van der Waals surface area contributed by atoms with Crippen LogP contribution in [-0.4, -0.2) is 0 Å². The summed E-state index contributed by atoms with van der Waals surface area (Å²) in [5, 5.41) is 0. The molecule has 0 bridgehead atoms. The largest absolute Gasteiger partial charge is 1.00 e. The summed E-state index contributed by atoms with van der Waals surface area (Å²) in [5.74, 6) is 13.1. The van der Waals surface area contributed by atoms with Crippen LogP contribution in [0.5, 0.6) is 0 Å². The molecule has 3 aromatic rings. The second-order valence-corrected chi connectivity index (χ2v) is 7.94. The average Bonchev–Trinajstić information content (AvgIpc) is 2.68. The van der Waals surface area contributed by atoms with Gasteiger partial charge in [0.2, 0.25) is 0 Å². The maximum atomic E-state index is 3.28. The van der Waals surface area contributed by atoms with Crippen LogP contribution in [0.4, 0.5) is 0 Å². The Kier molecular flexibility index (Phi) is 9.51. The summed E-state index contributed by atoms with van der Waals surface area (Å²) in [6.45, 7) is 10.3. The Morgan fingerprint density at radius 2 is 0.903 bits per heavy atom. The molecule has 2 heterocycles. The fourth-order valence-electron chi connectivity index (χ4n) is 3.58. The quantitative estimate of drug-likeness (QED) is 0.399. The van der Waals surface area contributed by atoms with Gasteiger partial charge in [-0.05, 0) is 64.1 Å². The van der Waals surface area contributed by atoms with Crippen LogP contribution >= 0.6 is 0 Å². The lowest BCUT2D eigenvalue weighted by atomic mass is 10.1. The van der Waals surface area contributed by atoms with Crippen molar-refractivity contribution < 1.29 is 26.1 Å². The van der Waals surface area contributed by atoms with E-state index in [1.807, 2.05) is 0 Å². The summed E-state index contributed by atoms with van der Waals surface area (Å²) in [5.41, 5.74) is 7.22. The van der Waals surface area contributed by atoms with Gasteiger partial charge in [-0.2, -0.15) is 0 Å².